The highest BCUT2D eigenvalue weighted by Crippen LogP contribution is 2.20. The van der Waals surface area contributed by atoms with Crippen LogP contribution >= 0.6 is 11.6 Å². The molecular formula is C18H22ClN3O. The molecule has 0 saturated heterocycles. The van der Waals surface area contributed by atoms with Crippen LogP contribution < -0.4 is 5.56 Å². The summed E-state index contributed by atoms with van der Waals surface area (Å²) in [5.74, 6) is 0.815. The maximum absolute atomic E-state index is 12.3. The van der Waals surface area contributed by atoms with Crippen molar-refractivity contribution in [1.29, 1.82) is 0 Å². The normalized spacial score (nSPS) is 14.7. The molecule has 122 valence electrons. The summed E-state index contributed by atoms with van der Waals surface area (Å²) in [6.45, 7) is 6.46. The fourth-order valence-electron chi connectivity index (χ4n) is 3.02. The van der Waals surface area contributed by atoms with E-state index in [0.29, 0.717) is 6.54 Å². The number of aromatic amines is 1. The van der Waals surface area contributed by atoms with Gasteiger partial charge >= 0.3 is 0 Å². The van der Waals surface area contributed by atoms with Crippen LogP contribution in [-0.4, -0.2) is 21.4 Å². The summed E-state index contributed by atoms with van der Waals surface area (Å²) in [5.41, 5.74) is 4.06. The van der Waals surface area contributed by atoms with Gasteiger partial charge in [0.1, 0.15) is 5.82 Å². The number of nitrogens with zero attached hydrogens (tertiary/aromatic N) is 2. The number of H-pyrrole nitrogens is 1. The zero-order valence-electron chi connectivity index (χ0n) is 13.7. The molecule has 1 aliphatic heterocycles. The Morgan fingerprint density at radius 3 is 2.96 bits per heavy atom. The molecule has 4 nitrogen and oxygen atoms in total. The Morgan fingerprint density at radius 2 is 2.22 bits per heavy atom. The number of aromatic nitrogens is 2. The third kappa shape index (κ3) is 3.65. The lowest BCUT2D eigenvalue weighted by Crippen LogP contribution is -2.35. The van der Waals surface area contributed by atoms with E-state index in [2.05, 4.69) is 27.9 Å². The van der Waals surface area contributed by atoms with Crippen molar-refractivity contribution in [3.8, 4) is 0 Å². The first-order valence-electron chi connectivity index (χ1n) is 8.15. The Labute approximate surface area is 141 Å². The largest absolute Gasteiger partial charge is 0.310 e. The van der Waals surface area contributed by atoms with Crippen molar-refractivity contribution in [2.24, 2.45) is 0 Å². The van der Waals surface area contributed by atoms with Gasteiger partial charge in [-0.1, -0.05) is 30.7 Å². The van der Waals surface area contributed by atoms with Gasteiger partial charge in [0.15, 0.2) is 0 Å². The van der Waals surface area contributed by atoms with E-state index in [4.69, 9.17) is 11.6 Å². The lowest BCUT2D eigenvalue weighted by atomic mass is 10.1. The van der Waals surface area contributed by atoms with Gasteiger partial charge in [-0.3, -0.25) is 9.69 Å². The third-order valence-corrected chi connectivity index (χ3v) is 4.73. The number of aryl methyl sites for hydroxylation is 2. The second-order valence-corrected chi connectivity index (χ2v) is 6.64. The van der Waals surface area contributed by atoms with Crippen molar-refractivity contribution >= 4 is 11.6 Å². The van der Waals surface area contributed by atoms with Crippen molar-refractivity contribution in [2.45, 2.75) is 46.2 Å². The maximum Gasteiger partial charge on any atom is 0.255 e. The minimum absolute atomic E-state index is 0.0186. The van der Waals surface area contributed by atoms with Gasteiger partial charge in [-0.15, -0.1) is 0 Å². The fourth-order valence-corrected chi connectivity index (χ4v) is 3.22. The molecule has 0 radical (unpaired) electrons. The van der Waals surface area contributed by atoms with Crippen LogP contribution in [-0.2, 0) is 25.9 Å². The van der Waals surface area contributed by atoms with Gasteiger partial charge in [0, 0.05) is 37.5 Å². The minimum Gasteiger partial charge on any atom is -0.310 e. The molecule has 23 heavy (non-hydrogen) atoms. The first kappa shape index (κ1) is 16.2. The molecule has 0 aliphatic carbocycles. The second kappa shape index (κ2) is 6.85. The van der Waals surface area contributed by atoms with Gasteiger partial charge in [-0.25, -0.2) is 4.98 Å². The molecule has 0 bridgehead atoms. The molecule has 3 rings (SSSR count). The maximum atomic E-state index is 12.3. The highest BCUT2D eigenvalue weighted by molar-refractivity contribution is 6.31. The van der Waals surface area contributed by atoms with Crippen LogP contribution in [0.5, 0.6) is 0 Å². The minimum atomic E-state index is 0.0186. The Balaban J connectivity index is 1.77. The number of halogens is 1. The van der Waals surface area contributed by atoms with Crippen molar-refractivity contribution in [3.05, 3.63) is 61.8 Å². The molecule has 0 spiro atoms. The fraction of sp³-hybridized carbons (Fsp3) is 0.444. The molecular weight excluding hydrogens is 310 g/mol. The third-order valence-electron chi connectivity index (χ3n) is 4.33. The summed E-state index contributed by atoms with van der Waals surface area (Å²) in [6, 6.07) is 6.16. The van der Waals surface area contributed by atoms with Crippen LogP contribution in [0.15, 0.2) is 23.0 Å². The van der Waals surface area contributed by atoms with Gasteiger partial charge < -0.3 is 4.98 Å². The molecule has 0 atom stereocenters. The van der Waals surface area contributed by atoms with Gasteiger partial charge in [0.2, 0.25) is 0 Å². The molecule has 0 fully saturated rings. The number of rotatable bonds is 4. The van der Waals surface area contributed by atoms with Gasteiger partial charge in [0.05, 0.1) is 11.3 Å². The van der Waals surface area contributed by atoms with Gasteiger partial charge in [-0.2, -0.15) is 0 Å². The van der Waals surface area contributed by atoms with Crippen molar-refractivity contribution in [3.63, 3.8) is 0 Å². The lowest BCUT2D eigenvalue weighted by Gasteiger charge is -2.27. The van der Waals surface area contributed by atoms with Crippen LogP contribution in [0.1, 0.15) is 41.6 Å². The van der Waals surface area contributed by atoms with Crippen molar-refractivity contribution < 1.29 is 0 Å². The van der Waals surface area contributed by atoms with Crippen LogP contribution in [0, 0.1) is 6.92 Å². The Bertz CT molecular complexity index is 769. The second-order valence-electron chi connectivity index (χ2n) is 6.23. The number of benzene rings is 1. The van der Waals surface area contributed by atoms with Crippen LogP contribution in [0.2, 0.25) is 5.02 Å². The van der Waals surface area contributed by atoms with E-state index in [1.807, 2.05) is 19.1 Å². The van der Waals surface area contributed by atoms with E-state index in [-0.39, 0.29) is 5.56 Å². The molecule has 1 N–H and O–H groups in total. The highest BCUT2D eigenvalue weighted by atomic mass is 35.5. The average molecular weight is 332 g/mol. The highest BCUT2D eigenvalue weighted by Gasteiger charge is 2.21. The van der Waals surface area contributed by atoms with Crippen LogP contribution in [0.25, 0.3) is 0 Å². The summed E-state index contributed by atoms with van der Waals surface area (Å²) in [6.07, 6.45) is 2.64. The molecule has 0 saturated carbocycles. The van der Waals surface area contributed by atoms with E-state index in [1.54, 1.807) is 0 Å². The molecule has 1 aliphatic rings. The number of hydrogen-bond donors (Lipinski definition) is 1. The van der Waals surface area contributed by atoms with E-state index in [9.17, 15) is 4.79 Å². The zero-order chi connectivity index (χ0) is 16.4. The predicted octanol–water partition coefficient (Wildman–Crippen LogP) is 3.24. The Morgan fingerprint density at radius 1 is 1.39 bits per heavy atom. The number of nitrogens with one attached hydrogen (secondary N) is 1. The smallest absolute Gasteiger partial charge is 0.255 e. The molecule has 2 aromatic rings. The summed E-state index contributed by atoms with van der Waals surface area (Å²) in [5, 5.41) is 0.795. The van der Waals surface area contributed by atoms with E-state index < -0.39 is 0 Å². The zero-order valence-corrected chi connectivity index (χ0v) is 14.4. The first-order chi connectivity index (χ1) is 11.1. The van der Waals surface area contributed by atoms with Gasteiger partial charge in [0.25, 0.3) is 5.56 Å². The lowest BCUT2D eigenvalue weighted by molar-refractivity contribution is 0.241. The first-order valence-corrected chi connectivity index (χ1v) is 8.53. The van der Waals surface area contributed by atoms with E-state index in [1.165, 1.54) is 5.56 Å². The quantitative estimate of drug-likeness (QED) is 0.935. The Kier molecular flexibility index (Phi) is 4.83. The van der Waals surface area contributed by atoms with E-state index >= 15 is 0 Å². The van der Waals surface area contributed by atoms with Crippen LogP contribution in [0.3, 0.4) is 0 Å². The standard InChI is InChI=1S/C18H22ClN3O/c1-3-4-17-20-16-7-8-22(11-14(16)18(23)21-17)10-13-6-5-12(2)15(19)9-13/h5-6,9H,3-4,7-8,10-11H2,1-2H3,(H,20,21,23). The molecule has 1 aromatic carbocycles. The molecule has 0 unspecified atom stereocenters. The van der Waals surface area contributed by atoms with Crippen LogP contribution in [0.4, 0.5) is 0 Å². The molecule has 2 heterocycles. The number of fused-ring (bicyclic) bond motifs is 1. The topological polar surface area (TPSA) is 49.0 Å². The Hall–Kier alpha value is -1.65. The molecule has 5 heteroatoms. The van der Waals surface area contributed by atoms with Crippen molar-refractivity contribution in [1.82, 2.24) is 14.9 Å². The average Bonchev–Trinajstić information content (AvgIpc) is 2.52. The monoisotopic (exact) mass is 331 g/mol. The predicted molar refractivity (Wildman–Crippen MR) is 92.9 cm³/mol. The van der Waals surface area contributed by atoms with Crippen molar-refractivity contribution in [2.75, 3.05) is 6.54 Å². The summed E-state index contributed by atoms with van der Waals surface area (Å²) >= 11 is 6.20. The van der Waals surface area contributed by atoms with Gasteiger partial charge in [-0.05, 0) is 30.5 Å². The summed E-state index contributed by atoms with van der Waals surface area (Å²) in [4.78, 5) is 22.1. The SMILES string of the molecule is CCCc1nc2c(c(=O)[nH]1)CN(Cc1ccc(C)c(Cl)c1)CC2. The number of hydrogen-bond acceptors (Lipinski definition) is 3. The van der Waals surface area contributed by atoms with E-state index in [0.717, 1.165) is 60.0 Å². The molecule has 1 aromatic heterocycles. The summed E-state index contributed by atoms with van der Waals surface area (Å²) < 4.78 is 0. The molecule has 0 amide bonds. The summed E-state index contributed by atoms with van der Waals surface area (Å²) in [7, 11) is 0.